The average molecular weight is 885 g/mol. The number of nitrogens with zero attached hydrogens (tertiary/aromatic N) is 3. The van der Waals surface area contributed by atoms with Gasteiger partial charge in [0.25, 0.3) is 5.91 Å². The highest BCUT2D eigenvalue weighted by molar-refractivity contribution is 7.10. The molecule has 62 heavy (non-hydrogen) atoms. The number of thiazole rings is 1. The number of hydrogen-bond acceptors (Lipinski definition) is 11. The summed E-state index contributed by atoms with van der Waals surface area (Å²) in [5, 5.41) is 20.0. The van der Waals surface area contributed by atoms with E-state index in [2.05, 4.69) is 95.5 Å². The van der Waals surface area contributed by atoms with Crippen LogP contribution in [0.2, 0.25) is 18.1 Å². The van der Waals surface area contributed by atoms with Crippen molar-refractivity contribution < 1.29 is 28.6 Å². The number of aromatic amines is 1. The van der Waals surface area contributed by atoms with Gasteiger partial charge in [-0.15, -0.1) is 11.3 Å². The van der Waals surface area contributed by atoms with E-state index in [4.69, 9.17) is 13.9 Å². The highest BCUT2D eigenvalue weighted by Crippen LogP contribution is 2.41. The summed E-state index contributed by atoms with van der Waals surface area (Å²) in [4.78, 5) is 49.8. The number of rotatable bonds is 17. The van der Waals surface area contributed by atoms with Gasteiger partial charge in [0.05, 0.1) is 49.5 Å². The zero-order valence-corrected chi connectivity index (χ0v) is 39.2. The molecule has 0 saturated carbocycles. The van der Waals surface area contributed by atoms with Crippen LogP contribution in [0.1, 0.15) is 85.2 Å². The molecule has 2 amide bonds. The molecule has 4 N–H and O–H groups in total. The minimum Gasteiger partial charge on any atom is -0.506 e. The predicted octanol–water partition coefficient (Wildman–Crippen LogP) is 6.23. The van der Waals surface area contributed by atoms with E-state index < -0.39 is 8.32 Å². The summed E-state index contributed by atoms with van der Waals surface area (Å²) in [5.41, 5.74) is 3.56. The SMILES string of the molecule is CC#Cc1nc(C(=O)N2CCOC3(CCN(Cc4ccc(CCOCC(CCNC[C@H](O[Si](C)(C)C(C)(C)C)c5ccc(O)c6[nH]c(=O)ccc56)C(=O)NC)cc4)CC3)C2)cs1. The van der Waals surface area contributed by atoms with Crippen LogP contribution in [-0.4, -0.2) is 117 Å². The van der Waals surface area contributed by atoms with Gasteiger partial charge in [-0.3, -0.25) is 19.3 Å². The summed E-state index contributed by atoms with van der Waals surface area (Å²) in [6, 6.07) is 15.4. The zero-order valence-electron chi connectivity index (χ0n) is 37.4. The maximum atomic E-state index is 13.2. The summed E-state index contributed by atoms with van der Waals surface area (Å²) in [7, 11) is -0.580. The average Bonchev–Trinajstić information content (AvgIpc) is 3.72. The number of pyridine rings is 1. The molecule has 1 spiro atoms. The lowest BCUT2D eigenvalue weighted by molar-refractivity contribution is -0.128. The Morgan fingerprint density at radius 1 is 1.08 bits per heavy atom. The van der Waals surface area contributed by atoms with Crippen molar-refractivity contribution in [3.8, 4) is 17.6 Å². The van der Waals surface area contributed by atoms with E-state index in [0.717, 1.165) is 49.8 Å². The molecule has 15 heteroatoms. The number of hydrogen-bond donors (Lipinski definition) is 4. The lowest BCUT2D eigenvalue weighted by Gasteiger charge is -2.47. The van der Waals surface area contributed by atoms with Crippen LogP contribution in [0.4, 0.5) is 0 Å². The first-order valence-corrected chi connectivity index (χ1v) is 25.5. The van der Waals surface area contributed by atoms with E-state index in [-0.39, 0.29) is 45.8 Å². The zero-order chi connectivity index (χ0) is 44.5. The van der Waals surface area contributed by atoms with Gasteiger partial charge in [-0.1, -0.05) is 57.0 Å². The molecular weight excluding hydrogens is 821 g/mol. The van der Waals surface area contributed by atoms with Gasteiger partial charge in [0.15, 0.2) is 13.3 Å². The molecule has 13 nitrogen and oxygen atoms in total. The Morgan fingerprint density at radius 3 is 2.53 bits per heavy atom. The van der Waals surface area contributed by atoms with Crippen molar-refractivity contribution in [2.45, 2.75) is 89.8 Å². The van der Waals surface area contributed by atoms with Crippen LogP contribution in [0.15, 0.2) is 58.7 Å². The number of fused-ring (bicyclic) bond motifs is 1. The quantitative estimate of drug-likeness (QED) is 0.0545. The summed E-state index contributed by atoms with van der Waals surface area (Å²) >= 11 is 1.40. The van der Waals surface area contributed by atoms with Gasteiger partial charge >= 0.3 is 0 Å². The van der Waals surface area contributed by atoms with Crippen LogP contribution in [0.5, 0.6) is 5.75 Å². The van der Waals surface area contributed by atoms with Gasteiger partial charge < -0.3 is 39.5 Å². The van der Waals surface area contributed by atoms with E-state index in [1.165, 1.54) is 28.5 Å². The van der Waals surface area contributed by atoms with E-state index in [0.29, 0.717) is 68.6 Å². The highest BCUT2D eigenvalue weighted by Gasteiger charge is 2.42. The molecule has 2 aromatic carbocycles. The minimum atomic E-state index is -2.23. The third kappa shape index (κ3) is 12.0. The molecule has 0 bridgehead atoms. The van der Waals surface area contributed by atoms with Crippen LogP contribution < -0.4 is 16.2 Å². The molecule has 4 aromatic rings. The molecule has 2 saturated heterocycles. The maximum absolute atomic E-state index is 13.2. The molecule has 334 valence electrons. The fourth-order valence-electron chi connectivity index (χ4n) is 7.91. The van der Waals surface area contributed by atoms with Crippen molar-refractivity contribution in [1.82, 2.24) is 30.4 Å². The van der Waals surface area contributed by atoms with Crippen LogP contribution in [-0.2, 0) is 31.7 Å². The smallest absolute Gasteiger partial charge is 0.273 e. The summed E-state index contributed by atoms with van der Waals surface area (Å²) in [6.45, 7) is 19.0. The first kappa shape index (κ1) is 47.1. The van der Waals surface area contributed by atoms with Crippen LogP contribution >= 0.6 is 11.3 Å². The number of phenolic OH excluding ortho intramolecular Hbond substituents is 1. The Balaban J connectivity index is 0.945. The Hall–Kier alpha value is -4.40. The first-order chi connectivity index (χ1) is 29.6. The number of nitrogens with one attached hydrogen (secondary N) is 3. The van der Waals surface area contributed by atoms with Crippen LogP contribution in [0.3, 0.4) is 0 Å². The summed E-state index contributed by atoms with van der Waals surface area (Å²) < 4.78 is 19.4. The number of H-pyrrole nitrogens is 1. The predicted molar refractivity (Wildman–Crippen MR) is 247 cm³/mol. The number of piperidine rings is 1. The monoisotopic (exact) mass is 884 g/mol. The van der Waals surface area contributed by atoms with Crippen molar-refractivity contribution in [3.63, 3.8) is 0 Å². The van der Waals surface area contributed by atoms with Crippen molar-refractivity contribution in [2.24, 2.45) is 5.92 Å². The van der Waals surface area contributed by atoms with E-state index in [1.54, 1.807) is 31.5 Å². The number of likely N-dealkylation sites (tertiary alicyclic amines) is 1. The highest BCUT2D eigenvalue weighted by atomic mass is 32.1. The second-order valence-electron chi connectivity index (χ2n) is 18.0. The number of benzene rings is 2. The second-order valence-corrected chi connectivity index (χ2v) is 23.7. The molecule has 0 radical (unpaired) electrons. The molecular formula is C47H64N6O7SSi. The first-order valence-electron chi connectivity index (χ1n) is 21.7. The standard InChI is InChI=1S/C47H64N6O7SSi/c1-8-9-42-50-38(31-61-42)45(57)53-25-27-59-47(32-53)20-23-52(24-21-47)29-34-12-10-33(11-13-34)19-26-58-30-35(44(56)48-5)18-22-49-28-40(60-62(6,7)46(2,3)4)36-14-16-39(54)43-37(36)15-17-41(55)51-43/h10-17,31,35,40,49,54H,18-30,32H2,1-7H3,(H,48,56)(H,51,55)/t35?,40-/m0/s1. The Morgan fingerprint density at radius 2 is 1.82 bits per heavy atom. The molecule has 1 unspecified atom stereocenters. The maximum Gasteiger partial charge on any atom is 0.273 e. The van der Waals surface area contributed by atoms with Gasteiger partial charge in [0.2, 0.25) is 11.5 Å². The molecule has 2 atom stereocenters. The van der Waals surface area contributed by atoms with Crippen molar-refractivity contribution in [3.05, 3.63) is 91.7 Å². The number of phenols is 1. The van der Waals surface area contributed by atoms with Crippen molar-refractivity contribution >= 4 is 42.4 Å². The van der Waals surface area contributed by atoms with Crippen LogP contribution in [0, 0.1) is 17.8 Å². The van der Waals surface area contributed by atoms with E-state index >= 15 is 0 Å². The van der Waals surface area contributed by atoms with Gasteiger partial charge in [0.1, 0.15) is 11.4 Å². The van der Waals surface area contributed by atoms with E-state index in [9.17, 15) is 19.5 Å². The van der Waals surface area contributed by atoms with Crippen molar-refractivity contribution in [2.75, 3.05) is 66.1 Å². The molecule has 6 rings (SSSR count). The number of carbonyl (C=O) groups excluding carboxylic acids is 2. The topological polar surface area (TPSA) is 158 Å². The summed E-state index contributed by atoms with van der Waals surface area (Å²) in [5.74, 6) is 5.37. The number of aromatic hydroxyl groups is 1. The summed E-state index contributed by atoms with van der Waals surface area (Å²) in [6.07, 6.45) is 2.72. The van der Waals surface area contributed by atoms with Gasteiger partial charge in [-0.2, -0.15) is 0 Å². The number of carbonyl (C=O) groups is 2. The lowest BCUT2D eigenvalue weighted by Crippen LogP contribution is -2.58. The number of aromatic nitrogens is 2. The molecule has 4 heterocycles. The number of morpholine rings is 1. The van der Waals surface area contributed by atoms with Gasteiger partial charge in [-0.25, -0.2) is 4.98 Å². The van der Waals surface area contributed by atoms with Gasteiger partial charge in [-0.05, 0) is 92.0 Å². The fraction of sp³-hybridized carbons (Fsp3) is 0.532. The third-order valence-corrected chi connectivity index (χ3v) is 17.9. The Bertz CT molecular complexity index is 2270. The largest absolute Gasteiger partial charge is 0.506 e. The fourth-order valence-corrected chi connectivity index (χ4v) is 9.88. The lowest BCUT2D eigenvalue weighted by atomic mass is 9.89. The molecule has 0 aliphatic carbocycles. The third-order valence-electron chi connectivity index (χ3n) is 12.7. The molecule has 2 aromatic heterocycles. The minimum absolute atomic E-state index is 0.0124. The molecule has 2 aliphatic rings. The normalized spacial score (nSPS) is 16.8. The number of amides is 2. The van der Waals surface area contributed by atoms with E-state index in [1.807, 2.05) is 11.0 Å². The van der Waals surface area contributed by atoms with Crippen molar-refractivity contribution in [1.29, 1.82) is 0 Å². The van der Waals surface area contributed by atoms with Crippen LogP contribution in [0.25, 0.3) is 10.9 Å². The van der Waals surface area contributed by atoms with Gasteiger partial charge in [0, 0.05) is 56.6 Å². The molecule has 2 fully saturated rings. The molecule has 2 aliphatic heterocycles. The second kappa shape index (κ2) is 20.9. The Kier molecular flexibility index (Phi) is 15.8. The number of ether oxygens (including phenoxy) is 2. The Labute approximate surface area is 371 Å².